The van der Waals surface area contributed by atoms with E-state index in [0.29, 0.717) is 0 Å². The molecule has 0 aliphatic heterocycles. The first-order valence-corrected chi connectivity index (χ1v) is 9.96. The average Bonchev–Trinajstić information content (AvgIpc) is 2.71. The van der Waals surface area contributed by atoms with Gasteiger partial charge in [0.1, 0.15) is 8.07 Å². The fraction of sp³-hybridized carbons (Fsp3) is 0.182. The highest BCUT2D eigenvalue weighted by Gasteiger charge is 2.33. The van der Waals surface area contributed by atoms with Crippen LogP contribution in [0.5, 0.6) is 0 Å². The Morgan fingerprint density at radius 2 is 0.783 bits per heavy atom. The Morgan fingerprint density at radius 3 is 1.00 bits per heavy atom. The second-order valence-electron chi connectivity index (χ2n) is 5.86. The van der Waals surface area contributed by atoms with Crippen LogP contribution < -0.4 is 15.6 Å². The van der Waals surface area contributed by atoms with E-state index >= 15 is 0 Å². The molecule has 0 atom stereocenters. The van der Waals surface area contributed by atoms with E-state index in [1.807, 2.05) is 36.4 Å². The van der Waals surface area contributed by atoms with Crippen LogP contribution in [-0.2, 0) is 0 Å². The summed E-state index contributed by atoms with van der Waals surface area (Å²) in [7, 11) is -2.67. The molecular weight excluding hydrogens is 292 g/mol. The molecule has 3 aromatic carbocycles. The average molecular weight is 326 g/mol. The van der Waals surface area contributed by atoms with Gasteiger partial charge in [0.15, 0.2) is 0 Å². The predicted molar refractivity (Wildman–Crippen MR) is 104 cm³/mol. The molecule has 0 aliphatic carbocycles. The molecule has 0 fully saturated rings. The second kappa shape index (κ2) is 6.17. The maximum absolute atomic E-state index is 7.63. The van der Waals surface area contributed by atoms with E-state index in [9.17, 15) is 0 Å². The fourth-order valence-electron chi connectivity index (χ4n) is 2.91. The van der Waals surface area contributed by atoms with Crippen molar-refractivity contribution in [1.82, 2.24) is 0 Å². The smallest absolute Gasteiger partial charge is 0.0620 e. The molecule has 0 saturated heterocycles. The first-order valence-electron chi connectivity index (χ1n) is 12.0. The molecule has 116 valence electrons. The minimum absolute atomic E-state index is 0.244. The third kappa shape index (κ3) is 3.02. The molecule has 0 amide bonds. The van der Waals surface area contributed by atoms with Gasteiger partial charge in [-0.2, -0.15) is 0 Å². The number of aryl methyl sites for hydroxylation is 3. The topological polar surface area (TPSA) is 0 Å². The van der Waals surface area contributed by atoms with Gasteiger partial charge >= 0.3 is 0 Å². The van der Waals surface area contributed by atoms with Crippen molar-refractivity contribution in [2.75, 3.05) is 0 Å². The van der Waals surface area contributed by atoms with Gasteiger partial charge in [0.05, 0.1) is 0 Å². The zero-order valence-corrected chi connectivity index (χ0v) is 13.9. The number of hydrogen-bond acceptors (Lipinski definition) is 0. The van der Waals surface area contributed by atoms with Crippen molar-refractivity contribution in [3.8, 4) is 0 Å². The molecule has 0 spiro atoms. The molecule has 0 unspecified atom stereocenters. The molecule has 3 rings (SSSR count). The van der Waals surface area contributed by atoms with E-state index in [-0.39, 0.29) is 16.7 Å². The van der Waals surface area contributed by atoms with E-state index in [2.05, 4.69) is 6.55 Å². The summed E-state index contributed by atoms with van der Waals surface area (Å²) < 4.78 is 68.7. The summed E-state index contributed by atoms with van der Waals surface area (Å²) in [5.74, 6) is 0. The highest BCUT2D eigenvalue weighted by molar-refractivity contribution is 7.10. The van der Waals surface area contributed by atoms with Gasteiger partial charge in [0.25, 0.3) is 0 Å². The van der Waals surface area contributed by atoms with Gasteiger partial charge in [-0.15, -0.1) is 0 Å². The molecule has 3 aromatic rings. The summed E-state index contributed by atoms with van der Waals surface area (Å²) in [4.78, 5) is 0. The van der Waals surface area contributed by atoms with Gasteiger partial charge in [0, 0.05) is 12.3 Å². The zero-order valence-electron chi connectivity index (χ0n) is 21.9. The molecule has 1 heteroatoms. The van der Waals surface area contributed by atoms with Crippen molar-refractivity contribution in [3.05, 3.63) is 89.5 Å². The summed E-state index contributed by atoms with van der Waals surface area (Å²) in [6.45, 7) is -4.54. The summed E-state index contributed by atoms with van der Waals surface area (Å²) in [5.41, 5.74) is 0.731. The maximum Gasteiger partial charge on any atom is 0.145 e. The molecule has 0 aromatic heterocycles. The Kier molecular flexibility index (Phi) is 2.18. The van der Waals surface area contributed by atoms with Crippen LogP contribution in [0.15, 0.2) is 72.8 Å². The Balaban J connectivity index is 2.17. The number of benzene rings is 3. The first kappa shape index (κ1) is 8.12. The van der Waals surface area contributed by atoms with Gasteiger partial charge in [-0.05, 0) is 36.1 Å². The third-order valence-corrected chi connectivity index (χ3v) is 8.85. The Morgan fingerprint density at radius 1 is 0.522 bits per heavy atom. The highest BCUT2D eigenvalue weighted by Crippen LogP contribution is 2.10. The quantitative estimate of drug-likeness (QED) is 0.509. The minimum Gasteiger partial charge on any atom is -0.0620 e. The molecule has 0 saturated carbocycles. The molecular formula is C22H24Si. The summed E-state index contributed by atoms with van der Waals surface area (Å²) in [6, 6.07) is 20.4. The van der Waals surface area contributed by atoms with Crippen molar-refractivity contribution in [2.24, 2.45) is 0 Å². The predicted octanol–water partition coefficient (Wildman–Crippen LogP) is 3.71. The minimum atomic E-state index is -2.67. The van der Waals surface area contributed by atoms with Crippen molar-refractivity contribution in [2.45, 2.75) is 27.1 Å². The van der Waals surface area contributed by atoms with E-state index in [1.165, 1.54) is 0 Å². The van der Waals surface area contributed by atoms with E-state index < -0.39 is 28.6 Å². The van der Waals surface area contributed by atoms with Gasteiger partial charge in [-0.25, -0.2) is 0 Å². The van der Waals surface area contributed by atoms with Crippen molar-refractivity contribution in [1.29, 1.82) is 0 Å². The van der Waals surface area contributed by atoms with Gasteiger partial charge < -0.3 is 0 Å². The SMILES string of the molecule is [2H]C([2H])([2H])c1ccc([Si](C)(c2ccc(C([2H])([2H])[2H])cc2)c2ccc(C([2H])([2H])[2H])cc2)cc1. The monoisotopic (exact) mass is 325 g/mol. The van der Waals surface area contributed by atoms with Gasteiger partial charge in [-0.1, -0.05) is 96.0 Å². The van der Waals surface area contributed by atoms with Crippen LogP contribution in [-0.4, -0.2) is 8.07 Å². The molecule has 0 bridgehead atoms. The molecule has 0 heterocycles. The van der Waals surface area contributed by atoms with Crippen molar-refractivity contribution >= 4 is 23.6 Å². The lowest BCUT2D eigenvalue weighted by atomic mass is 10.2. The zero-order chi connectivity index (χ0) is 23.9. The lowest BCUT2D eigenvalue weighted by molar-refractivity contribution is 1.47. The highest BCUT2D eigenvalue weighted by atomic mass is 28.3. The van der Waals surface area contributed by atoms with Crippen LogP contribution in [0.3, 0.4) is 0 Å². The fourth-order valence-corrected chi connectivity index (χ4v) is 6.41. The molecule has 0 aliphatic rings. The normalized spacial score (nSPS) is 18.9. The Labute approximate surface area is 153 Å². The summed E-state index contributed by atoms with van der Waals surface area (Å²) in [5, 5.41) is 2.82. The van der Waals surface area contributed by atoms with Crippen LogP contribution in [0.1, 0.15) is 29.0 Å². The van der Waals surface area contributed by atoms with E-state index in [1.54, 1.807) is 36.4 Å². The largest absolute Gasteiger partial charge is 0.145 e. The van der Waals surface area contributed by atoms with Crippen LogP contribution in [0, 0.1) is 20.6 Å². The van der Waals surface area contributed by atoms with Gasteiger partial charge in [-0.3, -0.25) is 0 Å². The van der Waals surface area contributed by atoms with Crippen LogP contribution in [0.4, 0.5) is 0 Å². The third-order valence-electron chi connectivity index (χ3n) is 4.39. The number of rotatable bonds is 3. The number of hydrogen-bond donors (Lipinski definition) is 0. The second-order valence-corrected chi connectivity index (χ2v) is 9.84. The molecule has 0 N–H and O–H groups in total. The summed E-state index contributed by atoms with van der Waals surface area (Å²) in [6.07, 6.45) is 0. The summed E-state index contributed by atoms with van der Waals surface area (Å²) >= 11 is 0. The van der Waals surface area contributed by atoms with Crippen LogP contribution >= 0.6 is 0 Å². The lowest BCUT2D eigenvalue weighted by Gasteiger charge is -2.30. The van der Waals surface area contributed by atoms with E-state index in [0.717, 1.165) is 15.6 Å². The maximum atomic E-state index is 7.63. The van der Waals surface area contributed by atoms with E-state index in [4.69, 9.17) is 12.3 Å². The lowest BCUT2D eigenvalue weighted by Crippen LogP contribution is -2.64. The van der Waals surface area contributed by atoms with Crippen LogP contribution in [0.2, 0.25) is 6.55 Å². The van der Waals surface area contributed by atoms with Gasteiger partial charge in [0.2, 0.25) is 0 Å². The van der Waals surface area contributed by atoms with Crippen molar-refractivity contribution in [3.63, 3.8) is 0 Å². The molecule has 0 nitrogen and oxygen atoms in total. The van der Waals surface area contributed by atoms with Crippen LogP contribution in [0.25, 0.3) is 0 Å². The Bertz CT molecular complexity index is 920. The first-order chi connectivity index (χ1) is 14.6. The molecule has 0 radical (unpaired) electrons. The standard InChI is InChI=1S/C22H24Si/c1-17-5-11-20(12-6-17)23(4,21-13-7-18(2)8-14-21)22-15-9-19(3)10-16-22/h5-16H,1-4H3/i1D3,2D3,3D3. The van der Waals surface area contributed by atoms with Crippen molar-refractivity contribution < 1.29 is 12.3 Å². The Hall–Kier alpha value is -2.12. The molecule has 23 heavy (non-hydrogen) atoms.